The van der Waals surface area contributed by atoms with Crippen LogP contribution in [-0.2, 0) is 0 Å². The van der Waals surface area contributed by atoms with E-state index in [-0.39, 0.29) is 0 Å². The summed E-state index contributed by atoms with van der Waals surface area (Å²) in [5, 5.41) is 1.37. The maximum absolute atomic E-state index is 5.78. The highest BCUT2D eigenvalue weighted by molar-refractivity contribution is 14.1. The number of rotatable bonds is 1. The summed E-state index contributed by atoms with van der Waals surface area (Å²) in [5.41, 5.74) is 13.2. The van der Waals surface area contributed by atoms with E-state index in [4.69, 9.17) is 34.7 Å². The SMILES string of the molecule is C=Cc1ccc(N)cc1Cl.Nc1ccc(I)c(Cl)c1. The van der Waals surface area contributed by atoms with Gasteiger partial charge >= 0.3 is 0 Å². The van der Waals surface area contributed by atoms with Gasteiger partial charge in [-0.25, -0.2) is 0 Å². The molecule has 0 unspecified atom stereocenters. The summed E-state index contributed by atoms with van der Waals surface area (Å²) in [6, 6.07) is 10.8. The zero-order chi connectivity index (χ0) is 14.4. The van der Waals surface area contributed by atoms with Crippen molar-refractivity contribution in [1.29, 1.82) is 0 Å². The highest BCUT2D eigenvalue weighted by Crippen LogP contribution is 2.20. The van der Waals surface area contributed by atoms with Crippen molar-refractivity contribution < 1.29 is 0 Å². The molecule has 0 aromatic heterocycles. The van der Waals surface area contributed by atoms with Gasteiger partial charge in [-0.2, -0.15) is 0 Å². The molecule has 0 atom stereocenters. The minimum Gasteiger partial charge on any atom is -0.399 e. The first kappa shape index (κ1) is 16.1. The van der Waals surface area contributed by atoms with Gasteiger partial charge in [0.2, 0.25) is 0 Å². The first-order valence-corrected chi connectivity index (χ1v) is 7.15. The molecule has 0 saturated heterocycles. The predicted octanol–water partition coefficient (Wildman–Crippen LogP) is 5.09. The van der Waals surface area contributed by atoms with E-state index in [0.717, 1.165) is 14.2 Å². The van der Waals surface area contributed by atoms with E-state index in [9.17, 15) is 0 Å². The third-order valence-corrected chi connectivity index (χ3v) is 4.09. The summed E-state index contributed by atoms with van der Waals surface area (Å²) in [4.78, 5) is 0. The van der Waals surface area contributed by atoms with E-state index in [1.165, 1.54) is 0 Å². The third-order valence-electron chi connectivity index (χ3n) is 2.19. The Kier molecular flexibility index (Phi) is 6.48. The van der Waals surface area contributed by atoms with Gasteiger partial charge in [-0.05, 0) is 58.5 Å². The Balaban J connectivity index is 0.000000191. The molecule has 0 heterocycles. The summed E-state index contributed by atoms with van der Waals surface area (Å²) < 4.78 is 1.03. The molecule has 0 radical (unpaired) electrons. The van der Waals surface area contributed by atoms with Crippen LogP contribution in [-0.4, -0.2) is 0 Å². The summed E-state index contributed by atoms with van der Waals surface area (Å²) in [6.07, 6.45) is 1.70. The third kappa shape index (κ3) is 5.30. The van der Waals surface area contributed by atoms with Crippen LogP contribution in [0.5, 0.6) is 0 Å². The maximum Gasteiger partial charge on any atom is 0.0559 e. The van der Waals surface area contributed by atoms with Crippen molar-refractivity contribution in [3.05, 3.63) is 62.2 Å². The zero-order valence-electron chi connectivity index (χ0n) is 10.0. The Morgan fingerprint density at radius 1 is 0.947 bits per heavy atom. The molecule has 0 aliphatic carbocycles. The van der Waals surface area contributed by atoms with Crippen LogP contribution < -0.4 is 11.5 Å². The molecule has 0 fully saturated rings. The Morgan fingerprint density at radius 2 is 1.47 bits per heavy atom. The van der Waals surface area contributed by atoms with Gasteiger partial charge in [0.1, 0.15) is 0 Å². The second-order valence-electron chi connectivity index (χ2n) is 3.66. The lowest BCUT2D eigenvalue weighted by atomic mass is 10.2. The van der Waals surface area contributed by atoms with Gasteiger partial charge in [-0.15, -0.1) is 0 Å². The first-order chi connectivity index (χ1) is 8.93. The molecule has 5 heteroatoms. The molecule has 0 amide bonds. The molecule has 2 nitrogen and oxygen atoms in total. The van der Waals surface area contributed by atoms with Crippen molar-refractivity contribution in [3.8, 4) is 0 Å². The van der Waals surface area contributed by atoms with E-state index in [0.29, 0.717) is 16.4 Å². The molecule has 0 aliphatic rings. The van der Waals surface area contributed by atoms with Crippen molar-refractivity contribution in [3.63, 3.8) is 0 Å². The van der Waals surface area contributed by atoms with Gasteiger partial charge in [0.25, 0.3) is 0 Å². The number of halogens is 3. The average Bonchev–Trinajstić information content (AvgIpc) is 2.35. The molecule has 100 valence electrons. The Morgan fingerprint density at radius 3 is 1.89 bits per heavy atom. The topological polar surface area (TPSA) is 52.0 Å². The van der Waals surface area contributed by atoms with Crippen LogP contribution in [0, 0.1) is 3.57 Å². The molecule has 0 spiro atoms. The first-order valence-electron chi connectivity index (χ1n) is 5.32. The minimum absolute atomic E-state index is 0.648. The van der Waals surface area contributed by atoms with Crippen molar-refractivity contribution >= 4 is 63.2 Å². The lowest BCUT2D eigenvalue weighted by Crippen LogP contribution is -1.84. The predicted molar refractivity (Wildman–Crippen MR) is 94.5 cm³/mol. The molecular weight excluding hydrogens is 394 g/mol. The molecule has 0 aliphatic heterocycles. The lowest BCUT2D eigenvalue weighted by Gasteiger charge is -1.97. The number of hydrogen-bond acceptors (Lipinski definition) is 2. The Labute approximate surface area is 136 Å². The molecule has 0 saturated carbocycles. The van der Waals surface area contributed by atoms with Crippen LogP contribution in [0.3, 0.4) is 0 Å². The number of hydrogen-bond donors (Lipinski definition) is 2. The fraction of sp³-hybridized carbons (Fsp3) is 0. The van der Waals surface area contributed by atoms with E-state index >= 15 is 0 Å². The van der Waals surface area contributed by atoms with Crippen molar-refractivity contribution in [2.75, 3.05) is 11.5 Å². The van der Waals surface area contributed by atoms with Crippen LogP contribution in [0.2, 0.25) is 10.0 Å². The lowest BCUT2D eigenvalue weighted by molar-refractivity contribution is 1.63. The largest absolute Gasteiger partial charge is 0.399 e. The molecule has 0 bridgehead atoms. The molecule has 2 aromatic rings. The molecule has 2 aromatic carbocycles. The molecule has 2 rings (SSSR count). The number of benzene rings is 2. The minimum atomic E-state index is 0.648. The quantitative estimate of drug-likeness (QED) is 0.511. The van der Waals surface area contributed by atoms with E-state index in [1.807, 2.05) is 18.2 Å². The Bertz CT molecular complexity index is 586. The molecular formula is C14H13Cl2IN2. The van der Waals surface area contributed by atoms with Gasteiger partial charge in [0, 0.05) is 20.0 Å². The highest BCUT2D eigenvalue weighted by Gasteiger charge is 1.94. The normalized spacial score (nSPS) is 9.42. The van der Waals surface area contributed by atoms with E-state index < -0.39 is 0 Å². The van der Waals surface area contributed by atoms with Crippen molar-refractivity contribution in [2.24, 2.45) is 0 Å². The van der Waals surface area contributed by atoms with Crippen LogP contribution in [0.15, 0.2) is 43.0 Å². The fourth-order valence-corrected chi connectivity index (χ4v) is 2.01. The van der Waals surface area contributed by atoms with Gasteiger partial charge in [-0.1, -0.05) is 41.9 Å². The fourth-order valence-electron chi connectivity index (χ4n) is 1.22. The maximum atomic E-state index is 5.78. The molecule has 4 N–H and O–H groups in total. The van der Waals surface area contributed by atoms with Crippen LogP contribution >= 0.6 is 45.8 Å². The number of nitrogen functional groups attached to an aromatic ring is 2. The van der Waals surface area contributed by atoms with E-state index in [1.54, 1.807) is 24.3 Å². The second-order valence-corrected chi connectivity index (χ2v) is 5.64. The smallest absolute Gasteiger partial charge is 0.0559 e. The summed E-state index contributed by atoms with van der Waals surface area (Å²) >= 11 is 13.7. The van der Waals surface area contributed by atoms with Gasteiger partial charge in [0.05, 0.1) is 5.02 Å². The monoisotopic (exact) mass is 406 g/mol. The van der Waals surface area contributed by atoms with Crippen molar-refractivity contribution in [1.82, 2.24) is 0 Å². The number of anilines is 2. The summed E-state index contributed by atoms with van der Waals surface area (Å²) in [5.74, 6) is 0. The van der Waals surface area contributed by atoms with Crippen LogP contribution in [0.4, 0.5) is 11.4 Å². The van der Waals surface area contributed by atoms with Gasteiger partial charge in [-0.3, -0.25) is 0 Å². The van der Waals surface area contributed by atoms with Crippen molar-refractivity contribution in [2.45, 2.75) is 0 Å². The van der Waals surface area contributed by atoms with Gasteiger partial charge in [0.15, 0.2) is 0 Å². The Hall–Kier alpha value is -0.910. The second kappa shape index (κ2) is 7.62. The van der Waals surface area contributed by atoms with E-state index in [2.05, 4.69) is 29.2 Å². The number of nitrogens with two attached hydrogens (primary N) is 2. The summed E-state index contributed by atoms with van der Waals surface area (Å²) in [6.45, 7) is 3.60. The summed E-state index contributed by atoms with van der Waals surface area (Å²) in [7, 11) is 0. The van der Waals surface area contributed by atoms with Crippen LogP contribution in [0.1, 0.15) is 5.56 Å². The van der Waals surface area contributed by atoms with Crippen LogP contribution in [0.25, 0.3) is 6.08 Å². The zero-order valence-corrected chi connectivity index (χ0v) is 13.7. The van der Waals surface area contributed by atoms with Gasteiger partial charge < -0.3 is 11.5 Å². The highest BCUT2D eigenvalue weighted by atomic mass is 127. The molecule has 19 heavy (non-hydrogen) atoms. The average molecular weight is 407 g/mol. The standard InChI is InChI=1S/C8H8ClN.C6H5ClIN/c1-2-6-3-4-7(10)5-8(6)9;7-5-3-4(9)1-2-6(5)8/h2-5H,1,10H2;1-3H,9H2.